The summed E-state index contributed by atoms with van der Waals surface area (Å²) in [5.74, 6) is 0. The number of benzene rings is 2. The fraction of sp³-hybridized carbons (Fsp3) is 0.238. The molecule has 0 radical (unpaired) electrons. The highest BCUT2D eigenvalue weighted by Crippen LogP contribution is 2.36. The molecule has 112 valence electrons. The highest BCUT2D eigenvalue weighted by atomic mass is 14.9. The van der Waals surface area contributed by atoms with Gasteiger partial charge in [0.25, 0.3) is 0 Å². The van der Waals surface area contributed by atoms with Crippen LogP contribution in [0.25, 0.3) is 5.57 Å². The monoisotopic (exact) mass is 289 g/mol. The predicted octanol–water partition coefficient (Wildman–Crippen LogP) is 5.98. The number of anilines is 1. The smallest absolute Gasteiger partial charge is 0.0491 e. The molecular formula is C21H23N. The second kappa shape index (κ2) is 6.23. The fourth-order valence-electron chi connectivity index (χ4n) is 3.12. The highest BCUT2D eigenvalue weighted by molar-refractivity contribution is 5.78. The van der Waals surface area contributed by atoms with Crippen LogP contribution in [0.3, 0.4) is 0 Å². The van der Waals surface area contributed by atoms with Gasteiger partial charge in [-0.05, 0) is 61.6 Å². The summed E-state index contributed by atoms with van der Waals surface area (Å²) in [5.41, 5.74) is 8.21. The molecule has 0 heterocycles. The molecule has 1 aliphatic carbocycles. The Balaban J connectivity index is 1.92. The number of nitrogens with one attached hydrogen (secondary N) is 1. The van der Waals surface area contributed by atoms with E-state index in [9.17, 15) is 0 Å². The van der Waals surface area contributed by atoms with Gasteiger partial charge in [0, 0.05) is 11.7 Å². The standard InChI is InChI=1S/C21H23N/c1-15-13-14-19(16(15)2)21-12-8-7-11-20(21)17(3)22-18-9-5-4-6-10-18/h4-13,17,22H,14H2,1-3H3. The average Bonchev–Trinajstić information content (AvgIpc) is 2.88. The van der Waals surface area contributed by atoms with E-state index in [1.54, 1.807) is 0 Å². The molecule has 0 amide bonds. The molecule has 0 spiro atoms. The van der Waals surface area contributed by atoms with Gasteiger partial charge in [-0.1, -0.05) is 54.1 Å². The Morgan fingerprint density at radius 1 is 0.909 bits per heavy atom. The maximum absolute atomic E-state index is 3.61. The fourth-order valence-corrected chi connectivity index (χ4v) is 3.12. The first-order chi connectivity index (χ1) is 10.7. The normalized spacial score (nSPS) is 15.7. The van der Waals surface area contributed by atoms with Gasteiger partial charge in [0.15, 0.2) is 0 Å². The Morgan fingerprint density at radius 3 is 2.27 bits per heavy atom. The van der Waals surface area contributed by atoms with E-state index in [2.05, 4.69) is 80.7 Å². The molecule has 0 fully saturated rings. The number of rotatable bonds is 4. The van der Waals surface area contributed by atoms with Crippen molar-refractivity contribution in [1.29, 1.82) is 0 Å². The third kappa shape index (κ3) is 2.85. The van der Waals surface area contributed by atoms with E-state index in [-0.39, 0.29) is 6.04 Å². The first-order valence-electron chi connectivity index (χ1n) is 7.94. The van der Waals surface area contributed by atoms with Crippen LogP contribution in [-0.2, 0) is 0 Å². The molecule has 0 saturated carbocycles. The van der Waals surface area contributed by atoms with Gasteiger partial charge < -0.3 is 5.32 Å². The zero-order valence-electron chi connectivity index (χ0n) is 13.6. The Morgan fingerprint density at radius 2 is 1.59 bits per heavy atom. The van der Waals surface area contributed by atoms with Gasteiger partial charge in [-0.25, -0.2) is 0 Å². The van der Waals surface area contributed by atoms with Crippen molar-refractivity contribution in [2.24, 2.45) is 0 Å². The molecule has 2 aromatic carbocycles. The molecule has 1 unspecified atom stereocenters. The second-order valence-electron chi connectivity index (χ2n) is 6.01. The quantitative estimate of drug-likeness (QED) is 0.729. The molecule has 0 aliphatic heterocycles. The van der Waals surface area contributed by atoms with E-state index in [1.165, 1.54) is 27.8 Å². The summed E-state index contributed by atoms with van der Waals surface area (Å²) < 4.78 is 0. The Bertz CT molecular complexity index is 723. The Kier molecular flexibility index (Phi) is 4.15. The Labute approximate surface area is 133 Å². The maximum Gasteiger partial charge on any atom is 0.0491 e. The van der Waals surface area contributed by atoms with Gasteiger partial charge in [0.05, 0.1) is 0 Å². The largest absolute Gasteiger partial charge is 0.378 e. The molecule has 2 aromatic rings. The van der Waals surface area contributed by atoms with Crippen LogP contribution in [0.5, 0.6) is 0 Å². The van der Waals surface area contributed by atoms with Crippen molar-refractivity contribution in [1.82, 2.24) is 0 Å². The topological polar surface area (TPSA) is 12.0 Å². The second-order valence-corrected chi connectivity index (χ2v) is 6.01. The minimum absolute atomic E-state index is 0.278. The van der Waals surface area contributed by atoms with E-state index < -0.39 is 0 Å². The summed E-state index contributed by atoms with van der Waals surface area (Å²) >= 11 is 0. The van der Waals surface area contributed by atoms with Gasteiger partial charge in [0.2, 0.25) is 0 Å². The number of para-hydroxylation sites is 1. The van der Waals surface area contributed by atoms with Crippen molar-refractivity contribution >= 4 is 11.3 Å². The summed E-state index contributed by atoms with van der Waals surface area (Å²) in [6.07, 6.45) is 3.38. The van der Waals surface area contributed by atoms with Gasteiger partial charge in [0.1, 0.15) is 0 Å². The lowest BCUT2D eigenvalue weighted by Crippen LogP contribution is -2.09. The van der Waals surface area contributed by atoms with Gasteiger partial charge in [-0.3, -0.25) is 0 Å². The van der Waals surface area contributed by atoms with Gasteiger partial charge >= 0.3 is 0 Å². The van der Waals surface area contributed by atoms with E-state index in [0.717, 1.165) is 12.1 Å². The highest BCUT2D eigenvalue weighted by Gasteiger charge is 2.17. The molecule has 0 aromatic heterocycles. The molecule has 1 atom stereocenters. The van der Waals surface area contributed by atoms with Crippen LogP contribution in [0, 0.1) is 0 Å². The van der Waals surface area contributed by atoms with Crippen molar-refractivity contribution in [2.45, 2.75) is 33.2 Å². The summed E-state index contributed by atoms with van der Waals surface area (Å²) in [7, 11) is 0. The average molecular weight is 289 g/mol. The molecule has 0 saturated heterocycles. The number of hydrogen-bond acceptors (Lipinski definition) is 1. The molecular weight excluding hydrogens is 266 g/mol. The molecule has 1 N–H and O–H groups in total. The van der Waals surface area contributed by atoms with Crippen LogP contribution < -0.4 is 5.32 Å². The molecule has 3 rings (SSSR count). The Hall–Kier alpha value is -2.28. The van der Waals surface area contributed by atoms with E-state index in [1.807, 2.05) is 6.07 Å². The lowest BCUT2D eigenvalue weighted by atomic mass is 9.92. The predicted molar refractivity (Wildman–Crippen MR) is 95.9 cm³/mol. The molecule has 22 heavy (non-hydrogen) atoms. The van der Waals surface area contributed by atoms with Crippen molar-refractivity contribution < 1.29 is 0 Å². The van der Waals surface area contributed by atoms with Crippen molar-refractivity contribution in [3.63, 3.8) is 0 Å². The summed E-state index contributed by atoms with van der Waals surface area (Å²) in [5, 5.41) is 3.61. The SMILES string of the molecule is CC1=CCC(c2ccccc2C(C)Nc2ccccc2)=C1C. The number of hydrogen-bond donors (Lipinski definition) is 1. The van der Waals surface area contributed by atoms with Crippen LogP contribution in [-0.4, -0.2) is 0 Å². The third-order valence-electron chi connectivity index (χ3n) is 4.57. The third-order valence-corrected chi connectivity index (χ3v) is 4.57. The number of allylic oxidation sites excluding steroid dienone is 4. The van der Waals surface area contributed by atoms with Crippen molar-refractivity contribution in [3.05, 3.63) is 82.9 Å². The van der Waals surface area contributed by atoms with E-state index in [4.69, 9.17) is 0 Å². The summed E-state index contributed by atoms with van der Waals surface area (Å²) in [6.45, 7) is 6.67. The lowest BCUT2D eigenvalue weighted by molar-refractivity contribution is 0.879. The zero-order chi connectivity index (χ0) is 15.5. The molecule has 1 aliphatic rings. The van der Waals surface area contributed by atoms with Crippen molar-refractivity contribution in [3.8, 4) is 0 Å². The van der Waals surface area contributed by atoms with E-state index in [0.29, 0.717) is 0 Å². The van der Waals surface area contributed by atoms with Crippen LogP contribution in [0.1, 0.15) is 44.4 Å². The first kappa shape index (κ1) is 14.6. The van der Waals surface area contributed by atoms with Crippen LogP contribution in [0.2, 0.25) is 0 Å². The van der Waals surface area contributed by atoms with Crippen LogP contribution >= 0.6 is 0 Å². The van der Waals surface area contributed by atoms with Gasteiger partial charge in [-0.15, -0.1) is 0 Å². The molecule has 1 nitrogen and oxygen atoms in total. The van der Waals surface area contributed by atoms with Crippen LogP contribution in [0.4, 0.5) is 5.69 Å². The minimum atomic E-state index is 0.278. The summed E-state index contributed by atoms with van der Waals surface area (Å²) in [6, 6.07) is 19.5. The molecule has 1 heteroatoms. The van der Waals surface area contributed by atoms with Crippen molar-refractivity contribution in [2.75, 3.05) is 5.32 Å². The van der Waals surface area contributed by atoms with E-state index >= 15 is 0 Å². The summed E-state index contributed by atoms with van der Waals surface area (Å²) in [4.78, 5) is 0. The molecule has 0 bridgehead atoms. The minimum Gasteiger partial charge on any atom is -0.378 e. The first-order valence-corrected chi connectivity index (χ1v) is 7.94. The van der Waals surface area contributed by atoms with Gasteiger partial charge in [-0.2, -0.15) is 0 Å². The lowest BCUT2D eigenvalue weighted by Gasteiger charge is -2.20. The van der Waals surface area contributed by atoms with Crippen LogP contribution in [0.15, 0.2) is 71.8 Å². The maximum atomic E-state index is 3.61. The zero-order valence-corrected chi connectivity index (χ0v) is 13.6.